The van der Waals surface area contributed by atoms with Gasteiger partial charge in [-0.2, -0.15) is 0 Å². The van der Waals surface area contributed by atoms with Gasteiger partial charge >= 0.3 is 0 Å². The molecule has 29 heavy (non-hydrogen) atoms. The van der Waals surface area contributed by atoms with Crippen LogP contribution < -0.4 is 15.4 Å². The lowest BCUT2D eigenvalue weighted by molar-refractivity contribution is 0.0378. The summed E-state index contributed by atoms with van der Waals surface area (Å²) in [5.74, 6) is 2.60. The number of aryl methyl sites for hydroxylation is 1. The Morgan fingerprint density at radius 2 is 2.10 bits per heavy atom. The number of aliphatic imine (C=N–C) groups is 1. The lowest BCUT2D eigenvalue weighted by Crippen LogP contribution is -2.44. The Hall–Kier alpha value is -2.54. The molecule has 0 spiro atoms. The molecule has 1 aliphatic carbocycles. The summed E-state index contributed by atoms with van der Waals surface area (Å²) in [6.07, 6.45) is 6.72. The molecule has 2 aromatic heterocycles. The van der Waals surface area contributed by atoms with E-state index in [1.54, 1.807) is 19.2 Å². The fourth-order valence-corrected chi connectivity index (χ4v) is 3.37. The van der Waals surface area contributed by atoms with Crippen LogP contribution in [-0.4, -0.2) is 35.2 Å². The third kappa shape index (κ3) is 6.22. The van der Waals surface area contributed by atoms with Gasteiger partial charge in [0.25, 0.3) is 0 Å². The maximum absolute atomic E-state index is 10.7. The van der Waals surface area contributed by atoms with E-state index in [4.69, 9.17) is 9.15 Å². The molecule has 1 atom stereocenters. The third-order valence-electron chi connectivity index (χ3n) is 5.02. The van der Waals surface area contributed by atoms with E-state index in [0.717, 1.165) is 30.7 Å². The van der Waals surface area contributed by atoms with E-state index in [-0.39, 0.29) is 12.6 Å². The van der Waals surface area contributed by atoms with Gasteiger partial charge in [0.05, 0.1) is 13.1 Å². The SMILES string of the molecule is CCNC(=NCc1ccnc(OC2CCCC2)c1)NCC(C)(O)c1ccc(C)o1. The lowest BCUT2D eigenvalue weighted by atomic mass is 10.0. The van der Waals surface area contributed by atoms with E-state index in [1.807, 2.05) is 32.0 Å². The Kier molecular flexibility index (Phi) is 7.14. The monoisotopic (exact) mass is 400 g/mol. The molecule has 0 saturated heterocycles. The van der Waals surface area contributed by atoms with Gasteiger partial charge in [-0.15, -0.1) is 0 Å². The Labute approximate surface area is 172 Å². The van der Waals surface area contributed by atoms with Crippen LogP contribution in [0, 0.1) is 6.92 Å². The molecule has 0 aromatic carbocycles. The number of pyridine rings is 1. The molecule has 7 nitrogen and oxygen atoms in total. The van der Waals surface area contributed by atoms with Crippen LogP contribution >= 0.6 is 0 Å². The highest BCUT2D eigenvalue weighted by molar-refractivity contribution is 5.79. The van der Waals surface area contributed by atoms with Crippen LogP contribution in [0.2, 0.25) is 0 Å². The Morgan fingerprint density at radius 1 is 1.31 bits per heavy atom. The van der Waals surface area contributed by atoms with Crippen LogP contribution in [0.1, 0.15) is 56.6 Å². The van der Waals surface area contributed by atoms with E-state index >= 15 is 0 Å². The second-order valence-corrected chi connectivity index (χ2v) is 7.76. The smallest absolute Gasteiger partial charge is 0.213 e. The molecule has 1 saturated carbocycles. The Bertz CT molecular complexity index is 810. The number of nitrogens with one attached hydrogen (secondary N) is 2. The maximum atomic E-state index is 10.7. The van der Waals surface area contributed by atoms with Gasteiger partial charge in [-0.25, -0.2) is 9.98 Å². The highest BCUT2D eigenvalue weighted by Gasteiger charge is 2.27. The first-order valence-electron chi connectivity index (χ1n) is 10.4. The van der Waals surface area contributed by atoms with Gasteiger partial charge in [0.1, 0.15) is 23.2 Å². The summed E-state index contributed by atoms with van der Waals surface area (Å²) in [6.45, 7) is 7.07. The molecule has 0 aliphatic heterocycles. The van der Waals surface area contributed by atoms with Gasteiger partial charge in [-0.1, -0.05) is 0 Å². The van der Waals surface area contributed by atoms with Gasteiger partial charge in [0, 0.05) is 18.8 Å². The van der Waals surface area contributed by atoms with Crippen LogP contribution in [0.25, 0.3) is 0 Å². The molecule has 2 heterocycles. The number of hydrogen-bond acceptors (Lipinski definition) is 5. The lowest BCUT2D eigenvalue weighted by Gasteiger charge is -2.22. The molecule has 3 rings (SSSR count). The van der Waals surface area contributed by atoms with Gasteiger partial charge in [0.2, 0.25) is 5.88 Å². The van der Waals surface area contributed by atoms with Crippen molar-refractivity contribution >= 4 is 5.96 Å². The molecular formula is C22H32N4O3. The molecule has 2 aromatic rings. The van der Waals surface area contributed by atoms with Crippen molar-refractivity contribution in [2.75, 3.05) is 13.1 Å². The predicted molar refractivity (Wildman–Crippen MR) is 113 cm³/mol. The summed E-state index contributed by atoms with van der Waals surface area (Å²) in [5.41, 5.74) is -0.109. The van der Waals surface area contributed by atoms with Crippen LogP contribution in [0.3, 0.4) is 0 Å². The minimum atomic E-state index is -1.14. The first-order chi connectivity index (χ1) is 14.0. The van der Waals surface area contributed by atoms with Gasteiger partial charge < -0.3 is 24.9 Å². The zero-order chi connectivity index (χ0) is 20.7. The summed E-state index contributed by atoms with van der Waals surface area (Å²) in [6, 6.07) is 7.53. The molecule has 1 aliphatic rings. The summed E-state index contributed by atoms with van der Waals surface area (Å²) in [5, 5.41) is 17.1. The van der Waals surface area contributed by atoms with E-state index < -0.39 is 5.60 Å². The number of aliphatic hydroxyl groups is 1. The summed E-state index contributed by atoms with van der Waals surface area (Å²) >= 11 is 0. The van der Waals surface area contributed by atoms with Crippen molar-refractivity contribution in [3.05, 3.63) is 47.5 Å². The molecule has 1 unspecified atom stereocenters. The number of nitrogens with zero attached hydrogens (tertiary/aromatic N) is 2. The highest BCUT2D eigenvalue weighted by Crippen LogP contribution is 2.24. The van der Waals surface area contributed by atoms with Crippen LogP contribution in [-0.2, 0) is 12.1 Å². The molecule has 0 amide bonds. The number of furan rings is 1. The van der Waals surface area contributed by atoms with Crippen LogP contribution in [0.4, 0.5) is 0 Å². The molecule has 7 heteroatoms. The average Bonchev–Trinajstić information content (AvgIpc) is 3.36. The first kappa shape index (κ1) is 21.2. The molecule has 158 valence electrons. The third-order valence-corrected chi connectivity index (χ3v) is 5.02. The van der Waals surface area contributed by atoms with Gasteiger partial charge in [0.15, 0.2) is 5.96 Å². The van der Waals surface area contributed by atoms with E-state index in [1.165, 1.54) is 12.8 Å². The number of guanidine groups is 1. The minimum Gasteiger partial charge on any atom is -0.474 e. The quantitative estimate of drug-likeness (QED) is 0.465. The highest BCUT2D eigenvalue weighted by atomic mass is 16.5. The van der Waals surface area contributed by atoms with Crippen LogP contribution in [0.5, 0.6) is 5.88 Å². The Morgan fingerprint density at radius 3 is 2.79 bits per heavy atom. The van der Waals surface area contributed by atoms with E-state index in [9.17, 15) is 5.11 Å². The van der Waals surface area contributed by atoms with Crippen molar-refractivity contribution in [2.45, 2.75) is 64.7 Å². The standard InChI is InChI=1S/C22H32N4O3/c1-4-23-21(26-15-22(3,27)19-10-9-16(2)28-19)25-14-17-11-12-24-20(13-17)29-18-7-5-6-8-18/h9-13,18,27H,4-8,14-15H2,1-3H3,(H2,23,25,26). The van der Waals surface area contributed by atoms with Crippen molar-refractivity contribution in [2.24, 2.45) is 4.99 Å². The second kappa shape index (κ2) is 9.78. The minimum absolute atomic E-state index is 0.276. The number of aromatic nitrogens is 1. The number of ether oxygens (including phenoxy) is 1. The average molecular weight is 401 g/mol. The molecule has 3 N–H and O–H groups in total. The van der Waals surface area contributed by atoms with Crippen molar-refractivity contribution < 1.29 is 14.3 Å². The van der Waals surface area contributed by atoms with Crippen molar-refractivity contribution in [3.63, 3.8) is 0 Å². The number of rotatable bonds is 8. The maximum Gasteiger partial charge on any atom is 0.213 e. The molecule has 0 bridgehead atoms. The van der Waals surface area contributed by atoms with Gasteiger partial charge in [-0.05, 0) is 70.2 Å². The fraction of sp³-hybridized carbons (Fsp3) is 0.545. The van der Waals surface area contributed by atoms with Crippen molar-refractivity contribution in [3.8, 4) is 5.88 Å². The predicted octanol–water partition coefficient (Wildman–Crippen LogP) is 3.27. The summed E-state index contributed by atoms with van der Waals surface area (Å²) in [4.78, 5) is 8.95. The van der Waals surface area contributed by atoms with Crippen LogP contribution in [0.15, 0.2) is 39.9 Å². The zero-order valence-corrected chi connectivity index (χ0v) is 17.6. The first-order valence-corrected chi connectivity index (χ1v) is 10.4. The van der Waals surface area contributed by atoms with Gasteiger partial charge in [-0.3, -0.25) is 0 Å². The largest absolute Gasteiger partial charge is 0.474 e. The van der Waals surface area contributed by atoms with E-state index in [0.29, 0.717) is 24.1 Å². The zero-order valence-electron chi connectivity index (χ0n) is 17.6. The van der Waals surface area contributed by atoms with E-state index in [2.05, 4.69) is 20.6 Å². The van der Waals surface area contributed by atoms with Crippen molar-refractivity contribution in [1.82, 2.24) is 15.6 Å². The summed E-state index contributed by atoms with van der Waals surface area (Å²) in [7, 11) is 0. The number of hydrogen-bond donors (Lipinski definition) is 3. The van der Waals surface area contributed by atoms with Crippen molar-refractivity contribution in [1.29, 1.82) is 0 Å². The topological polar surface area (TPSA) is 91.9 Å². The normalized spacial score (nSPS) is 17.2. The fourth-order valence-electron chi connectivity index (χ4n) is 3.37. The molecule has 0 radical (unpaired) electrons. The molecule has 1 fully saturated rings. The molecular weight excluding hydrogens is 368 g/mol. The Balaban J connectivity index is 1.60. The summed E-state index contributed by atoms with van der Waals surface area (Å²) < 4.78 is 11.5. The second-order valence-electron chi connectivity index (χ2n) is 7.76.